The van der Waals surface area contributed by atoms with E-state index in [0.717, 1.165) is 16.9 Å². The third-order valence-corrected chi connectivity index (χ3v) is 2.21. The molecule has 0 atom stereocenters. The highest BCUT2D eigenvalue weighted by molar-refractivity contribution is 6.01. The number of rotatable bonds is 7. The number of hydrogen-bond donors (Lipinski definition) is 0. The lowest BCUT2D eigenvalue weighted by Gasteiger charge is -2.03. The Morgan fingerprint density at radius 3 is 1.95 bits per heavy atom. The number of nitrogens with zero attached hydrogens (tertiary/aromatic N) is 1. The molecule has 0 saturated carbocycles. The normalized spacial score (nSPS) is 11.1. The van der Waals surface area contributed by atoms with Crippen molar-refractivity contribution < 1.29 is 0 Å². The predicted octanol–water partition coefficient (Wildman–Crippen LogP) is 6.78. The molecule has 0 amide bonds. The summed E-state index contributed by atoms with van der Waals surface area (Å²) in [5, 5.41) is 0. The van der Waals surface area contributed by atoms with Gasteiger partial charge in [-0.3, -0.25) is 4.99 Å². The summed E-state index contributed by atoms with van der Waals surface area (Å²) in [6.45, 7) is 29.0. The van der Waals surface area contributed by atoms with Crippen molar-refractivity contribution in [3.63, 3.8) is 0 Å². The van der Waals surface area contributed by atoms with Crippen LogP contribution in [0.2, 0.25) is 0 Å². The summed E-state index contributed by atoms with van der Waals surface area (Å²) in [4.78, 5) is 4.42. The molecule has 120 valence electrons. The van der Waals surface area contributed by atoms with Crippen LogP contribution >= 0.6 is 0 Å². The average molecular weight is 297 g/mol. The fourth-order valence-corrected chi connectivity index (χ4v) is 1.16. The van der Waals surface area contributed by atoms with Crippen LogP contribution in [0.25, 0.3) is 0 Å². The zero-order valence-electron chi connectivity index (χ0n) is 14.7. The second-order valence-electron chi connectivity index (χ2n) is 3.62. The van der Waals surface area contributed by atoms with Crippen LogP contribution in [-0.2, 0) is 0 Å². The molecule has 0 unspecified atom stereocenters. The van der Waals surface area contributed by atoms with Gasteiger partial charge in [-0.2, -0.15) is 0 Å². The molecule has 0 N–H and O–H groups in total. The fraction of sp³-hybridized carbons (Fsp3) is 0.190. The second-order valence-corrected chi connectivity index (χ2v) is 3.62. The third kappa shape index (κ3) is 12.6. The number of aliphatic imine (C=N–C) groups is 1. The van der Waals surface area contributed by atoms with Gasteiger partial charge in [0, 0.05) is 5.71 Å². The summed E-state index contributed by atoms with van der Waals surface area (Å²) >= 11 is 0. The lowest BCUT2D eigenvalue weighted by Crippen LogP contribution is -1.95. The summed E-state index contributed by atoms with van der Waals surface area (Å²) in [6, 6.07) is 0. The summed E-state index contributed by atoms with van der Waals surface area (Å²) in [5.74, 6) is 0. The molecule has 1 nitrogen and oxygen atoms in total. The molecule has 0 spiro atoms. The molecule has 0 radical (unpaired) electrons. The smallest absolute Gasteiger partial charge is 0.0627 e. The number of hydrogen-bond acceptors (Lipinski definition) is 1. The number of allylic oxidation sites excluding steroid dienone is 8. The first kappa shape index (κ1) is 24.6. The fourth-order valence-electron chi connectivity index (χ4n) is 1.16. The van der Waals surface area contributed by atoms with Crippen molar-refractivity contribution in [2.24, 2.45) is 4.99 Å². The minimum Gasteiger partial charge on any atom is -0.253 e. The lowest BCUT2D eigenvalue weighted by molar-refractivity contribution is 1.35. The minimum absolute atomic E-state index is 0.638. The summed E-state index contributed by atoms with van der Waals surface area (Å²) in [6.07, 6.45) is 13.0. The van der Waals surface area contributed by atoms with Crippen molar-refractivity contribution >= 4 is 5.71 Å². The standard InChI is InChI=1S/C17H21N.C2H6.C2H4/c1-7-10-12-14(4)15(5)18-16(6)17(9-3)13-11-8-2;2*1-2/h7-13H,1,3-5H2,2,6H3;1-2H3;1-2H2/b11-8-,12-10-,17-13+,18-16?;;. The first-order valence-electron chi connectivity index (χ1n) is 7.25. The first-order valence-corrected chi connectivity index (χ1v) is 7.25. The van der Waals surface area contributed by atoms with Gasteiger partial charge in [0.2, 0.25) is 0 Å². The van der Waals surface area contributed by atoms with Crippen LogP contribution in [0.3, 0.4) is 0 Å². The van der Waals surface area contributed by atoms with Crippen LogP contribution < -0.4 is 0 Å². The average Bonchev–Trinajstić information content (AvgIpc) is 2.56. The van der Waals surface area contributed by atoms with Crippen LogP contribution in [0.15, 0.2) is 104 Å². The monoisotopic (exact) mass is 297 g/mol. The Morgan fingerprint density at radius 2 is 1.55 bits per heavy atom. The molecule has 0 bridgehead atoms. The van der Waals surface area contributed by atoms with Gasteiger partial charge in [-0.15, -0.1) is 13.2 Å². The van der Waals surface area contributed by atoms with E-state index < -0.39 is 0 Å². The van der Waals surface area contributed by atoms with Crippen molar-refractivity contribution in [3.05, 3.63) is 98.8 Å². The zero-order valence-corrected chi connectivity index (χ0v) is 14.7. The van der Waals surface area contributed by atoms with Gasteiger partial charge in [0.15, 0.2) is 0 Å². The van der Waals surface area contributed by atoms with Crippen molar-refractivity contribution in [3.8, 4) is 0 Å². The third-order valence-electron chi connectivity index (χ3n) is 2.21. The Bertz CT molecular complexity index is 468. The van der Waals surface area contributed by atoms with E-state index in [1.807, 2.05) is 58.1 Å². The largest absolute Gasteiger partial charge is 0.253 e. The molecule has 22 heavy (non-hydrogen) atoms. The summed E-state index contributed by atoms with van der Waals surface area (Å²) < 4.78 is 0. The van der Waals surface area contributed by atoms with Crippen LogP contribution in [0, 0.1) is 0 Å². The van der Waals surface area contributed by atoms with E-state index in [2.05, 4.69) is 44.5 Å². The topological polar surface area (TPSA) is 12.4 Å². The molecule has 0 saturated heterocycles. The molecule has 0 rings (SSSR count). The van der Waals surface area contributed by atoms with E-state index in [1.54, 1.807) is 12.2 Å². The van der Waals surface area contributed by atoms with Gasteiger partial charge in [-0.1, -0.05) is 82.7 Å². The highest BCUT2D eigenvalue weighted by Crippen LogP contribution is 2.11. The van der Waals surface area contributed by atoms with Gasteiger partial charge in [0.25, 0.3) is 0 Å². The van der Waals surface area contributed by atoms with E-state index in [4.69, 9.17) is 0 Å². The van der Waals surface area contributed by atoms with Crippen LogP contribution in [0.4, 0.5) is 0 Å². The summed E-state index contributed by atoms with van der Waals surface area (Å²) in [7, 11) is 0. The Balaban J connectivity index is -0.000000826. The van der Waals surface area contributed by atoms with Crippen molar-refractivity contribution in [2.45, 2.75) is 27.7 Å². The highest BCUT2D eigenvalue weighted by atomic mass is 14.8. The van der Waals surface area contributed by atoms with Crippen LogP contribution in [-0.4, -0.2) is 5.71 Å². The SMILES string of the molecule is C=C.C=C/C=C\C(=C)C(=C)N=C(C)/C(C=C)=C/C=C\C.CC. The molecule has 0 aromatic rings. The Kier molecular flexibility index (Phi) is 20.8. The van der Waals surface area contributed by atoms with Crippen LogP contribution in [0.1, 0.15) is 27.7 Å². The molecule has 0 heterocycles. The van der Waals surface area contributed by atoms with Crippen molar-refractivity contribution in [2.75, 3.05) is 0 Å². The van der Waals surface area contributed by atoms with E-state index in [0.29, 0.717) is 5.70 Å². The predicted molar refractivity (Wildman–Crippen MR) is 106 cm³/mol. The zero-order chi connectivity index (χ0) is 18.0. The molecular formula is C21H31N. The van der Waals surface area contributed by atoms with Gasteiger partial charge >= 0.3 is 0 Å². The minimum atomic E-state index is 0.638. The van der Waals surface area contributed by atoms with Crippen LogP contribution in [0.5, 0.6) is 0 Å². The van der Waals surface area contributed by atoms with Gasteiger partial charge in [0.1, 0.15) is 0 Å². The molecule has 0 aromatic heterocycles. The van der Waals surface area contributed by atoms with Crippen molar-refractivity contribution in [1.82, 2.24) is 0 Å². The summed E-state index contributed by atoms with van der Waals surface area (Å²) in [5.41, 5.74) is 3.23. The van der Waals surface area contributed by atoms with Gasteiger partial charge < -0.3 is 0 Å². The maximum absolute atomic E-state index is 4.42. The Labute approximate surface area is 137 Å². The van der Waals surface area contributed by atoms with Gasteiger partial charge in [0.05, 0.1) is 5.70 Å². The van der Waals surface area contributed by atoms with Crippen molar-refractivity contribution in [1.29, 1.82) is 0 Å². The van der Waals surface area contributed by atoms with E-state index in [1.165, 1.54) is 0 Å². The maximum Gasteiger partial charge on any atom is 0.0627 e. The molecule has 0 aliphatic rings. The Hall–Kier alpha value is -2.41. The van der Waals surface area contributed by atoms with Gasteiger partial charge in [-0.25, -0.2) is 0 Å². The second kappa shape index (κ2) is 18.6. The van der Waals surface area contributed by atoms with Gasteiger partial charge in [-0.05, 0) is 25.0 Å². The first-order chi connectivity index (χ1) is 10.6. The molecule has 0 aliphatic heterocycles. The lowest BCUT2D eigenvalue weighted by atomic mass is 10.1. The van der Waals surface area contributed by atoms with E-state index >= 15 is 0 Å². The highest BCUT2D eigenvalue weighted by Gasteiger charge is 1.99. The maximum atomic E-state index is 4.42. The molecule has 0 aromatic carbocycles. The van der Waals surface area contributed by atoms with E-state index in [-0.39, 0.29) is 0 Å². The molecule has 0 fully saturated rings. The van der Waals surface area contributed by atoms with E-state index in [9.17, 15) is 0 Å². The Morgan fingerprint density at radius 1 is 1.00 bits per heavy atom. The molecule has 1 heteroatoms. The quantitative estimate of drug-likeness (QED) is 0.279. The molecular weight excluding hydrogens is 266 g/mol. The molecule has 0 aliphatic carbocycles.